The first kappa shape index (κ1) is 14.9. The number of amides is 1. The van der Waals surface area contributed by atoms with Gasteiger partial charge in [0.05, 0.1) is 10.5 Å². The van der Waals surface area contributed by atoms with Crippen molar-refractivity contribution >= 4 is 44.2 Å². The molecule has 0 aliphatic rings. The van der Waals surface area contributed by atoms with Crippen LogP contribution in [0.4, 0.5) is 5.69 Å². The van der Waals surface area contributed by atoms with E-state index in [2.05, 4.69) is 27.9 Å². The highest BCUT2D eigenvalue weighted by Gasteiger charge is 2.11. The summed E-state index contributed by atoms with van der Waals surface area (Å²) in [7, 11) is -3.72. The van der Waals surface area contributed by atoms with Crippen LogP contribution in [0, 0.1) is 3.57 Å². The molecule has 2 rings (SSSR count). The minimum absolute atomic E-state index is 0.00444. The van der Waals surface area contributed by atoms with Crippen molar-refractivity contribution in [3.05, 3.63) is 57.7 Å². The molecule has 0 aromatic heterocycles. The van der Waals surface area contributed by atoms with E-state index in [0.29, 0.717) is 11.3 Å². The highest BCUT2D eigenvalue weighted by atomic mass is 127. The quantitative estimate of drug-likeness (QED) is 0.772. The predicted octanol–water partition coefficient (Wildman–Crippen LogP) is 2.19. The van der Waals surface area contributed by atoms with Gasteiger partial charge in [-0.2, -0.15) is 0 Å². The molecular formula is C13H11IN2O3S. The second kappa shape index (κ2) is 5.90. The van der Waals surface area contributed by atoms with Gasteiger partial charge in [-0.15, -0.1) is 0 Å². The highest BCUT2D eigenvalue weighted by molar-refractivity contribution is 14.1. The molecule has 0 radical (unpaired) electrons. The summed E-state index contributed by atoms with van der Waals surface area (Å²) in [6, 6.07) is 12.9. The van der Waals surface area contributed by atoms with Crippen LogP contribution in [0.3, 0.4) is 0 Å². The molecule has 0 saturated heterocycles. The largest absolute Gasteiger partial charge is 0.322 e. The number of nitrogens with one attached hydrogen (secondary N) is 1. The van der Waals surface area contributed by atoms with Gasteiger partial charge < -0.3 is 5.32 Å². The van der Waals surface area contributed by atoms with Crippen molar-refractivity contribution in [1.29, 1.82) is 0 Å². The lowest BCUT2D eigenvalue weighted by molar-refractivity contribution is 0.102. The molecule has 20 heavy (non-hydrogen) atoms. The first-order valence-corrected chi connectivity index (χ1v) is 8.19. The van der Waals surface area contributed by atoms with E-state index in [1.54, 1.807) is 12.1 Å². The van der Waals surface area contributed by atoms with Crippen molar-refractivity contribution in [1.82, 2.24) is 0 Å². The third kappa shape index (κ3) is 3.56. The maximum absolute atomic E-state index is 12.1. The van der Waals surface area contributed by atoms with Gasteiger partial charge >= 0.3 is 0 Å². The summed E-state index contributed by atoms with van der Waals surface area (Å²) in [6.45, 7) is 0. The summed E-state index contributed by atoms with van der Waals surface area (Å²) in [4.78, 5) is 12.1. The molecule has 7 heteroatoms. The standard InChI is InChI=1S/C13H11IN2O3S/c14-12-4-2-1-3-11(12)13(17)16-9-5-7-10(8-6-9)20(15,18)19/h1-8H,(H,16,17)(H2,15,18,19). The zero-order valence-electron chi connectivity index (χ0n) is 10.2. The molecule has 3 N–H and O–H groups in total. The molecule has 0 saturated carbocycles. The van der Waals surface area contributed by atoms with Crippen LogP contribution in [0.15, 0.2) is 53.4 Å². The molecule has 0 aliphatic heterocycles. The number of carbonyl (C=O) groups is 1. The van der Waals surface area contributed by atoms with E-state index in [1.165, 1.54) is 24.3 Å². The fraction of sp³-hybridized carbons (Fsp3) is 0. The fourth-order valence-corrected chi connectivity index (χ4v) is 2.72. The molecule has 0 heterocycles. The zero-order valence-corrected chi connectivity index (χ0v) is 13.2. The number of halogens is 1. The Bertz CT molecular complexity index is 742. The van der Waals surface area contributed by atoms with Gasteiger partial charge in [-0.3, -0.25) is 4.79 Å². The number of anilines is 1. The Kier molecular flexibility index (Phi) is 4.41. The Labute approximate surface area is 130 Å². The topological polar surface area (TPSA) is 89.3 Å². The summed E-state index contributed by atoms with van der Waals surface area (Å²) in [5, 5.41) is 7.70. The number of hydrogen-bond acceptors (Lipinski definition) is 3. The van der Waals surface area contributed by atoms with Crippen LogP contribution in [-0.2, 0) is 10.0 Å². The minimum Gasteiger partial charge on any atom is -0.322 e. The van der Waals surface area contributed by atoms with E-state index in [1.807, 2.05) is 12.1 Å². The lowest BCUT2D eigenvalue weighted by atomic mass is 10.2. The van der Waals surface area contributed by atoms with E-state index in [-0.39, 0.29) is 10.8 Å². The van der Waals surface area contributed by atoms with Crippen LogP contribution in [0.25, 0.3) is 0 Å². The average molecular weight is 402 g/mol. The first-order chi connectivity index (χ1) is 9.38. The Morgan fingerprint density at radius 2 is 1.65 bits per heavy atom. The molecule has 0 atom stereocenters. The van der Waals surface area contributed by atoms with Crippen LogP contribution in [0.2, 0.25) is 0 Å². The molecule has 0 fully saturated rings. The third-order valence-electron chi connectivity index (χ3n) is 2.56. The lowest BCUT2D eigenvalue weighted by Gasteiger charge is -2.07. The van der Waals surface area contributed by atoms with Gasteiger partial charge in [0.15, 0.2) is 0 Å². The van der Waals surface area contributed by atoms with Crippen molar-refractivity contribution in [2.45, 2.75) is 4.90 Å². The van der Waals surface area contributed by atoms with Gasteiger partial charge in [0, 0.05) is 9.26 Å². The number of benzene rings is 2. The van der Waals surface area contributed by atoms with E-state index >= 15 is 0 Å². The molecule has 104 valence electrons. The fourth-order valence-electron chi connectivity index (χ4n) is 1.57. The van der Waals surface area contributed by atoms with E-state index in [4.69, 9.17) is 5.14 Å². The van der Waals surface area contributed by atoms with E-state index < -0.39 is 10.0 Å². The number of rotatable bonds is 3. The predicted molar refractivity (Wildman–Crippen MR) is 84.9 cm³/mol. The van der Waals surface area contributed by atoms with Gasteiger partial charge in [0.1, 0.15) is 0 Å². The molecule has 5 nitrogen and oxygen atoms in total. The van der Waals surface area contributed by atoms with Crippen LogP contribution < -0.4 is 10.5 Å². The molecule has 0 spiro atoms. The van der Waals surface area contributed by atoms with Gasteiger partial charge in [-0.25, -0.2) is 13.6 Å². The van der Waals surface area contributed by atoms with Crippen LogP contribution >= 0.6 is 22.6 Å². The normalized spacial score (nSPS) is 11.1. The summed E-state index contributed by atoms with van der Waals surface area (Å²) in [5.74, 6) is -0.252. The molecule has 1 amide bonds. The Hall–Kier alpha value is -1.45. The Morgan fingerprint density at radius 3 is 2.20 bits per heavy atom. The number of hydrogen-bond donors (Lipinski definition) is 2. The molecule has 0 aliphatic carbocycles. The number of nitrogens with two attached hydrogens (primary N) is 1. The SMILES string of the molecule is NS(=O)(=O)c1ccc(NC(=O)c2ccccc2I)cc1. The van der Waals surface area contributed by atoms with Crippen molar-refractivity contribution in [2.24, 2.45) is 5.14 Å². The smallest absolute Gasteiger partial charge is 0.256 e. The zero-order chi connectivity index (χ0) is 14.8. The summed E-state index contributed by atoms with van der Waals surface area (Å²) < 4.78 is 23.1. The van der Waals surface area contributed by atoms with Crippen molar-refractivity contribution in [3.63, 3.8) is 0 Å². The third-order valence-corrected chi connectivity index (χ3v) is 4.43. The second-order valence-corrected chi connectivity index (χ2v) is 6.73. The maximum Gasteiger partial charge on any atom is 0.256 e. The van der Waals surface area contributed by atoms with Gasteiger partial charge in [0.25, 0.3) is 5.91 Å². The summed E-state index contributed by atoms with van der Waals surface area (Å²) >= 11 is 2.08. The number of sulfonamides is 1. The molecule has 2 aromatic carbocycles. The Morgan fingerprint density at radius 1 is 1.05 bits per heavy atom. The van der Waals surface area contributed by atoms with Crippen LogP contribution in [-0.4, -0.2) is 14.3 Å². The van der Waals surface area contributed by atoms with Gasteiger partial charge in [0.2, 0.25) is 10.0 Å². The Balaban J connectivity index is 2.19. The first-order valence-electron chi connectivity index (χ1n) is 5.56. The highest BCUT2D eigenvalue weighted by Crippen LogP contribution is 2.16. The van der Waals surface area contributed by atoms with Crippen molar-refractivity contribution in [2.75, 3.05) is 5.32 Å². The average Bonchev–Trinajstić information content (AvgIpc) is 2.38. The number of primary sulfonamides is 1. The second-order valence-electron chi connectivity index (χ2n) is 4.00. The molecule has 0 bridgehead atoms. The minimum atomic E-state index is -3.72. The van der Waals surface area contributed by atoms with Crippen LogP contribution in [0.5, 0.6) is 0 Å². The van der Waals surface area contributed by atoms with Crippen LogP contribution in [0.1, 0.15) is 10.4 Å². The van der Waals surface area contributed by atoms with E-state index in [0.717, 1.165) is 3.57 Å². The number of carbonyl (C=O) groups excluding carboxylic acids is 1. The molecule has 0 unspecified atom stereocenters. The molecule has 2 aromatic rings. The van der Waals surface area contributed by atoms with Gasteiger partial charge in [-0.05, 0) is 59.0 Å². The summed E-state index contributed by atoms with van der Waals surface area (Å²) in [5.41, 5.74) is 1.06. The van der Waals surface area contributed by atoms with E-state index in [9.17, 15) is 13.2 Å². The molecular weight excluding hydrogens is 391 g/mol. The lowest BCUT2D eigenvalue weighted by Crippen LogP contribution is -2.14. The van der Waals surface area contributed by atoms with Crippen molar-refractivity contribution < 1.29 is 13.2 Å². The summed E-state index contributed by atoms with van der Waals surface area (Å²) in [6.07, 6.45) is 0. The monoisotopic (exact) mass is 402 g/mol. The van der Waals surface area contributed by atoms with Crippen molar-refractivity contribution in [3.8, 4) is 0 Å². The maximum atomic E-state index is 12.1. The van der Waals surface area contributed by atoms with Gasteiger partial charge in [-0.1, -0.05) is 12.1 Å².